The molecule has 1 aliphatic heterocycles. The van der Waals surface area contributed by atoms with Crippen LogP contribution in [-0.2, 0) is 7.05 Å². The molecule has 0 aromatic carbocycles. The smallest absolute Gasteiger partial charge is 0.358 e. The van der Waals surface area contributed by atoms with Gasteiger partial charge in [0.2, 0.25) is 11.6 Å². The van der Waals surface area contributed by atoms with Gasteiger partial charge in [0.15, 0.2) is 0 Å². The third-order valence-electron chi connectivity index (χ3n) is 3.73. The highest BCUT2D eigenvalue weighted by atomic mass is 16.6. The van der Waals surface area contributed by atoms with Crippen LogP contribution in [0.25, 0.3) is 0 Å². The van der Waals surface area contributed by atoms with Gasteiger partial charge in [-0.05, 0) is 36.2 Å². The van der Waals surface area contributed by atoms with Gasteiger partial charge in [-0.3, -0.25) is 4.57 Å². The summed E-state index contributed by atoms with van der Waals surface area (Å²) in [5.74, 6) is 1.23. The Morgan fingerprint density at radius 3 is 2.89 bits per heavy atom. The standard InChI is InChI=1S/C12H21N5O2/c1-4-16(8-10-6-5-7-13-10)12-11(17(18)19)14-9(2)15(12)3/h10,13H,4-8H2,1-3H3. The topological polar surface area (TPSA) is 76.2 Å². The molecule has 1 fully saturated rings. The highest BCUT2D eigenvalue weighted by molar-refractivity contribution is 5.56. The summed E-state index contributed by atoms with van der Waals surface area (Å²) >= 11 is 0. The minimum absolute atomic E-state index is 0.0418. The number of aryl methyl sites for hydroxylation is 1. The van der Waals surface area contributed by atoms with E-state index in [1.807, 2.05) is 18.9 Å². The highest BCUT2D eigenvalue weighted by Crippen LogP contribution is 2.28. The van der Waals surface area contributed by atoms with E-state index < -0.39 is 4.92 Å². The fourth-order valence-electron chi connectivity index (χ4n) is 2.60. The van der Waals surface area contributed by atoms with Crippen molar-refractivity contribution in [2.75, 3.05) is 24.5 Å². The van der Waals surface area contributed by atoms with E-state index in [0.717, 1.165) is 26.1 Å². The maximum atomic E-state index is 11.1. The zero-order chi connectivity index (χ0) is 14.0. The Bertz CT molecular complexity index is 465. The molecular weight excluding hydrogens is 246 g/mol. The summed E-state index contributed by atoms with van der Waals surface area (Å²) in [6.45, 7) is 6.36. The lowest BCUT2D eigenvalue weighted by molar-refractivity contribution is -0.388. The van der Waals surface area contributed by atoms with Crippen LogP contribution in [0.5, 0.6) is 0 Å². The van der Waals surface area contributed by atoms with E-state index in [0.29, 0.717) is 17.7 Å². The summed E-state index contributed by atoms with van der Waals surface area (Å²) < 4.78 is 1.80. The number of hydrogen-bond acceptors (Lipinski definition) is 5. The van der Waals surface area contributed by atoms with E-state index in [2.05, 4.69) is 10.3 Å². The van der Waals surface area contributed by atoms with Gasteiger partial charge in [0, 0.05) is 33.1 Å². The zero-order valence-corrected chi connectivity index (χ0v) is 11.7. The molecule has 2 heterocycles. The summed E-state index contributed by atoms with van der Waals surface area (Å²) in [5, 5.41) is 14.6. The van der Waals surface area contributed by atoms with Gasteiger partial charge in [0.05, 0.1) is 0 Å². The van der Waals surface area contributed by atoms with Crippen LogP contribution in [0.4, 0.5) is 11.6 Å². The molecule has 0 bridgehead atoms. The molecule has 19 heavy (non-hydrogen) atoms. The third kappa shape index (κ3) is 2.70. The predicted molar refractivity (Wildman–Crippen MR) is 73.5 cm³/mol. The first-order chi connectivity index (χ1) is 9.04. The summed E-state index contributed by atoms with van der Waals surface area (Å²) in [4.78, 5) is 16.8. The molecule has 106 valence electrons. The second-order valence-corrected chi connectivity index (χ2v) is 4.95. The van der Waals surface area contributed by atoms with Crippen molar-refractivity contribution >= 4 is 11.6 Å². The first-order valence-corrected chi connectivity index (χ1v) is 6.70. The van der Waals surface area contributed by atoms with Crippen LogP contribution in [0.1, 0.15) is 25.6 Å². The Hall–Kier alpha value is -1.63. The van der Waals surface area contributed by atoms with Crippen molar-refractivity contribution in [3.05, 3.63) is 15.9 Å². The molecule has 0 saturated carbocycles. The Morgan fingerprint density at radius 2 is 2.37 bits per heavy atom. The Morgan fingerprint density at radius 1 is 1.63 bits per heavy atom. The lowest BCUT2D eigenvalue weighted by Crippen LogP contribution is -2.38. The monoisotopic (exact) mass is 267 g/mol. The molecule has 1 saturated heterocycles. The van der Waals surface area contributed by atoms with Gasteiger partial charge in [-0.1, -0.05) is 0 Å². The van der Waals surface area contributed by atoms with Crippen LogP contribution in [0, 0.1) is 17.0 Å². The molecular formula is C12H21N5O2. The molecule has 2 rings (SSSR count). The molecule has 0 spiro atoms. The molecule has 1 aromatic rings. The average Bonchev–Trinajstić information content (AvgIpc) is 2.97. The molecule has 1 N–H and O–H groups in total. The van der Waals surface area contributed by atoms with Gasteiger partial charge in [-0.15, -0.1) is 0 Å². The first-order valence-electron chi connectivity index (χ1n) is 6.70. The average molecular weight is 267 g/mol. The predicted octanol–water partition coefficient (Wildman–Crippen LogP) is 1.22. The number of likely N-dealkylation sites (N-methyl/N-ethyl adjacent to an activating group) is 1. The van der Waals surface area contributed by atoms with Gasteiger partial charge >= 0.3 is 5.82 Å². The van der Waals surface area contributed by atoms with E-state index >= 15 is 0 Å². The maximum absolute atomic E-state index is 11.1. The number of nitro groups is 1. The molecule has 1 aliphatic rings. The van der Waals surface area contributed by atoms with Crippen molar-refractivity contribution in [2.24, 2.45) is 7.05 Å². The van der Waals surface area contributed by atoms with Gasteiger partial charge in [0.1, 0.15) is 0 Å². The molecule has 1 unspecified atom stereocenters. The van der Waals surface area contributed by atoms with Crippen molar-refractivity contribution < 1.29 is 4.92 Å². The van der Waals surface area contributed by atoms with Crippen LogP contribution in [0.3, 0.4) is 0 Å². The first kappa shape index (κ1) is 13.8. The molecule has 0 aliphatic carbocycles. The third-order valence-corrected chi connectivity index (χ3v) is 3.73. The number of imidazole rings is 1. The van der Waals surface area contributed by atoms with Crippen molar-refractivity contribution in [1.82, 2.24) is 14.9 Å². The fourth-order valence-corrected chi connectivity index (χ4v) is 2.60. The van der Waals surface area contributed by atoms with Gasteiger partial charge in [0.25, 0.3) is 0 Å². The van der Waals surface area contributed by atoms with E-state index in [-0.39, 0.29) is 5.82 Å². The normalized spacial score (nSPS) is 18.8. The number of hydrogen-bond donors (Lipinski definition) is 1. The Kier molecular flexibility index (Phi) is 4.04. The Balaban J connectivity index is 2.28. The number of nitrogens with one attached hydrogen (secondary N) is 1. The van der Waals surface area contributed by atoms with Crippen LogP contribution < -0.4 is 10.2 Å². The largest absolute Gasteiger partial charge is 0.406 e. The van der Waals surface area contributed by atoms with Crippen molar-refractivity contribution in [3.8, 4) is 0 Å². The second kappa shape index (κ2) is 5.56. The summed E-state index contributed by atoms with van der Waals surface area (Å²) in [5.41, 5.74) is 0. The van der Waals surface area contributed by atoms with Gasteiger partial charge in [-0.25, -0.2) is 0 Å². The van der Waals surface area contributed by atoms with Crippen molar-refractivity contribution in [2.45, 2.75) is 32.7 Å². The highest BCUT2D eigenvalue weighted by Gasteiger charge is 2.29. The number of nitrogens with zero attached hydrogens (tertiary/aromatic N) is 4. The van der Waals surface area contributed by atoms with Gasteiger partial charge < -0.3 is 20.3 Å². The summed E-state index contributed by atoms with van der Waals surface area (Å²) in [6.07, 6.45) is 2.30. The van der Waals surface area contributed by atoms with Crippen LogP contribution in [0.2, 0.25) is 0 Å². The van der Waals surface area contributed by atoms with Crippen molar-refractivity contribution in [3.63, 3.8) is 0 Å². The summed E-state index contributed by atoms with van der Waals surface area (Å²) in [7, 11) is 1.83. The lowest BCUT2D eigenvalue weighted by atomic mass is 10.2. The fraction of sp³-hybridized carbons (Fsp3) is 0.750. The maximum Gasteiger partial charge on any atom is 0.406 e. The van der Waals surface area contributed by atoms with E-state index in [1.54, 1.807) is 11.5 Å². The van der Waals surface area contributed by atoms with Crippen LogP contribution in [0.15, 0.2) is 0 Å². The number of rotatable bonds is 5. The molecule has 0 radical (unpaired) electrons. The van der Waals surface area contributed by atoms with E-state index in [4.69, 9.17) is 0 Å². The minimum Gasteiger partial charge on any atom is -0.358 e. The number of anilines is 1. The van der Waals surface area contributed by atoms with Crippen LogP contribution >= 0.6 is 0 Å². The van der Waals surface area contributed by atoms with Crippen molar-refractivity contribution in [1.29, 1.82) is 0 Å². The summed E-state index contributed by atoms with van der Waals surface area (Å²) in [6, 6.07) is 0.412. The second-order valence-electron chi connectivity index (χ2n) is 4.95. The van der Waals surface area contributed by atoms with Crippen LogP contribution in [-0.4, -0.2) is 40.2 Å². The Labute approximate surface area is 112 Å². The minimum atomic E-state index is -0.396. The molecule has 1 aromatic heterocycles. The lowest BCUT2D eigenvalue weighted by Gasteiger charge is -2.25. The molecule has 1 atom stereocenters. The molecule has 7 nitrogen and oxygen atoms in total. The molecule has 0 amide bonds. The zero-order valence-electron chi connectivity index (χ0n) is 11.7. The van der Waals surface area contributed by atoms with E-state index in [1.165, 1.54) is 6.42 Å². The number of aromatic nitrogens is 2. The SMILES string of the molecule is CCN(CC1CCCN1)c1c([N+](=O)[O-])nc(C)n1C. The quantitative estimate of drug-likeness (QED) is 0.641. The molecule has 7 heteroatoms. The van der Waals surface area contributed by atoms with Gasteiger partial charge in [-0.2, -0.15) is 0 Å². The van der Waals surface area contributed by atoms with E-state index in [9.17, 15) is 10.1 Å².